The number of nitrogens with zero attached hydrogens (tertiary/aromatic N) is 2. The SMILES string of the molecule is COc1cc(C)c(N=Nc2ccc3ccccc3c2)c(C)c1. The summed E-state index contributed by atoms with van der Waals surface area (Å²) in [5.41, 5.74) is 3.87. The second-order valence-corrected chi connectivity index (χ2v) is 5.34. The first-order valence-corrected chi connectivity index (χ1v) is 7.23. The van der Waals surface area contributed by atoms with Crippen molar-refractivity contribution in [2.24, 2.45) is 10.2 Å². The maximum atomic E-state index is 5.27. The Hall–Kier alpha value is -2.68. The van der Waals surface area contributed by atoms with Crippen molar-refractivity contribution >= 4 is 22.1 Å². The lowest BCUT2D eigenvalue weighted by molar-refractivity contribution is 0.414. The van der Waals surface area contributed by atoms with Crippen molar-refractivity contribution in [3.8, 4) is 5.75 Å². The van der Waals surface area contributed by atoms with Crippen molar-refractivity contribution in [1.29, 1.82) is 0 Å². The predicted molar refractivity (Wildman–Crippen MR) is 90.6 cm³/mol. The second-order valence-electron chi connectivity index (χ2n) is 5.34. The molecule has 22 heavy (non-hydrogen) atoms. The summed E-state index contributed by atoms with van der Waals surface area (Å²) in [6.45, 7) is 4.04. The lowest BCUT2D eigenvalue weighted by Crippen LogP contribution is -1.86. The molecule has 3 aromatic rings. The smallest absolute Gasteiger partial charge is 0.119 e. The average Bonchev–Trinajstić information content (AvgIpc) is 2.53. The van der Waals surface area contributed by atoms with E-state index in [4.69, 9.17) is 4.74 Å². The van der Waals surface area contributed by atoms with E-state index >= 15 is 0 Å². The molecule has 110 valence electrons. The minimum atomic E-state index is 0.847. The summed E-state index contributed by atoms with van der Waals surface area (Å²) in [6.07, 6.45) is 0. The normalized spacial score (nSPS) is 11.2. The molecule has 0 fully saturated rings. The van der Waals surface area contributed by atoms with Crippen LogP contribution in [-0.2, 0) is 0 Å². The maximum Gasteiger partial charge on any atom is 0.119 e. The molecule has 0 N–H and O–H groups in total. The second kappa shape index (κ2) is 5.98. The van der Waals surface area contributed by atoms with E-state index in [1.165, 1.54) is 10.8 Å². The molecule has 0 aliphatic heterocycles. The highest BCUT2D eigenvalue weighted by molar-refractivity contribution is 5.85. The first-order valence-electron chi connectivity index (χ1n) is 7.23. The molecule has 0 aromatic heterocycles. The van der Waals surface area contributed by atoms with Crippen LogP contribution in [-0.4, -0.2) is 7.11 Å². The monoisotopic (exact) mass is 290 g/mol. The highest BCUT2D eigenvalue weighted by Gasteiger charge is 2.05. The predicted octanol–water partition coefficient (Wildman–Crippen LogP) is 5.88. The minimum absolute atomic E-state index is 0.847. The van der Waals surface area contributed by atoms with Crippen LogP contribution in [0.1, 0.15) is 11.1 Å². The Morgan fingerprint density at radius 1 is 0.773 bits per heavy atom. The number of methoxy groups -OCH3 is 1. The molecular formula is C19H18N2O. The van der Waals surface area contributed by atoms with Gasteiger partial charge in [0.05, 0.1) is 18.5 Å². The van der Waals surface area contributed by atoms with Crippen LogP contribution < -0.4 is 4.74 Å². The van der Waals surface area contributed by atoms with E-state index in [1.54, 1.807) is 7.11 Å². The first kappa shape index (κ1) is 14.3. The lowest BCUT2D eigenvalue weighted by atomic mass is 10.1. The number of fused-ring (bicyclic) bond motifs is 1. The molecule has 0 amide bonds. The largest absolute Gasteiger partial charge is 0.497 e. The summed E-state index contributed by atoms with van der Waals surface area (Å²) in [5, 5.41) is 11.2. The van der Waals surface area contributed by atoms with E-state index in [0.29, 0.717) is 0 Å². The Balaban J connectivity index is 1.96. The first-order chi connectivity index (χ1) is 10.7. The van der Waals surface area contributed by atoms with E-state index in [2.05, 4.69) is 28.4 Å². The van der Waals surface area contributed by atoms with Gasteiger partial charge in [-0.3, -0.25) is 0 Å². The van der Waals surface area contributed by atoms with Gasteiger partial charge in [-0.15, -0.1) is 0 Å². The van der Waals surface area contributed by atoms with Crippen LogP contribution in [0.2, 0.25) is 0 Å². The van der Waals surface area contributed by atoms with Crippen molar-refractivity contribution in [1.82, 2.24) is 0 Å². The molecule has 3 heteroatoms. The van der Waals surface area contributed by atoms with Gasteiger partial charge in [-0.25, -0.2) is 0 Å². The van der Waals surface area contributed by atoms with Gasteiger partial charge >= 0.3 is 0 Å². The molecular weight excluding hydrogens is 272 g/mol. The minimum Gasteiger partial charge on any atom is -0.497 e. The molecule has 3 nitrogen and oxygen atoms in total. The molecule has 0 aliphatic rings. The van der Waals surface area contributed by atoms with Gasteiger partial charge in [0.1, 0.15) is 5.75 Å². The fourth-order valence-corrected chi connectivity index (χ4v) is 2.54. The van der Waals surface area contributed by atoms with Gasteiger partial charge in [0, 0.05) is 0 Å². The molecule has 0 unspecified atom stereocenters. The van der Waals surface area contributed by atoms with E-state index in [1.807, 2.05) is 50.2 Å². The van der Waals surface area contributed by atoms with Crippen LogP contribution in [0.4, 0.5) is 11.4 Å². The van der Waals surface area contributed by atoms with Crippen LogP contribution in [0.3, 0.4) is 0 Å². The Morgan fingerprint density at radius 3 is 2.14 bits per heavy atom. The third kappa shape index (κ3) is 2.84. The number of azo groups is 1. The van der Waals surface area contributed by atoms with E-state index < -0.39 is 0 Å². The van der Waals surface area contributed by atoms with Gasteiger partial charge in [-0.1, -0.05) is 30.3 Å². The third-order valence-electron chi connectivity index (χ3n) is 3.70. The van der Waals surface area contributed by atoms with Crippen LogP contribution in [0.15, 0.2) is 64.8 Å². The van der Waals surface area contributed by atoms with Gasteiger partial charge in [0.15, 0.2) is 0 Å². The van der Waals surface area contributed by atoms with E-state index in [-0.39, 0.29) is 0 Å². The van der Waals surface area contributed by atoms with Gasteiger partial charge in [0.2, 0.25) is 0 Å². The molecule has 0 bridgehead atoms. The summed E-state index contributed by atoms with van der Waals surface area (Å²) in [6, 6.07) is 18.3. The molecule has 3 rings (SSSR count). The fourth-order valence-electron chi connectivity index (χ4n) is 2.54. The zero-order valence-electron chi connectivity index (χ0n) is 13.0. The summed E-state index contributed by atoms with van der Waals surface area (Å²) in [5.74, 6) is 0.847. The van der Waals surface area contributed by atoms with Crippen LogP contribution in [0.5, 0.6) is 5.75 Å². The summed E-state index contributed by atoms with van der Waals surface area (Å²) in [4.78, 5) is 0. The topological polar surface area (TPSA) is 34.0 Å². The number of ether oxygens (including phenoxy) is 1. The fraction of sp³-hybridized carbons (Fsp3) is 0.158. The molecule has 0 radical (unpaired) electrons. The van der Waals surface area contributed by atoms with Gasteiger partial charge in [-0.05, 0) is 60.0 Å². The van der Waals surface area contributed by atoms with E-state index in [0.717, 1.165) is 28.3 Å². The van der Waals surface area contributed by atoms with Gasteiger partial charge < -0.3 is 4.74 Å². The van der Waals surface area contributed by atoms with Gasteiger partial charge in [-0.2, -0.15) is 10.2 Å². The highest BCUT2D eigenvalue weighted by Crippen LogP contribution is 2.30. The molecule has 0 saturated heterocycles. The highest BCUT2D eigenvalue weighted by atomic mass is 16.5. The van der Waals surface area contributed by atoms with Crippen molar-refractivity contribution < 1.29 is 4.74 Å². The molecule has 0 saturated carbocycles. The zero-order chi connectivity index (χ0) is 15.5. The maximum absolute atomic E-state index is 5.27. The Bertz CT molecular complexity index is 830. The molecule has 0 atom stereocenters. The number of hydrogen-bond donors (Lipinski definition) is 0. The van der Waals surface area contributed by atoms with Crippen molar-refractivity contribution in [2.45, 2.75) is 13.8 Å². The van der Waals surface area contributed by atoms with Crippen molar-refractivity contribution in [3.05, 3.63) is 65.7 Å². The number of hydrogen-bond acceptors (Lipinski definition) is 3. The number of benzene rings is 3. The Labute approximate surface area is 130 Å². The standard InChI is InChI=1S/C19H18N2O/c1-13-10-18(22-3)11-14(2)19(13)21-20-17-9-8-15-6-4-5-7-16(15)12-17/h4-12H,1-3H3. The quantitative estimate of drug-likeness (QED) is 0.554. The number of rotatable bonds is 3. The van der Waals surface area contributed by atoms with Crippen LogP contribution in [0, 0.1) is 13.8 Å². The van der Waals surface area contributed by atoms with Crippen LogP contribution >= 0.6 is 0 Å². The third-order valence-corrected chi connectivity index (χ3v) is 3.70. The summed E-state index contributed by atoms with van der Waals surface area (Å²) in [7, 11) is 1.67. The van der Waals surface area contributed by atoms with Crippen molar-refractivity contribution in [2.75, 3.05) is 7.11 Å². The molecule has 3 aromatic carbocycles. The summed E-state index contributed by atoms with van der Waals surface area (Å²) < 4.78 is 5.27. The Morgan fingerprint density at radius 2 is 1.45 bits per heavy atom. The molecule has 0 spiro atoms. The Kier molecular flexibility index (Phi) is 3.88. The molecule has 0 heterocycles. The zero-order valence-corrected chi connectivity index (χ0v) is 13.0. The molecule has 0 aliphatic carbocycles. The average molecular weight is 290 g/mol. The summed E-state index contributed by atoms with van der Waals surface area (Å²) >= 11 is 0. The lowest BCUT2D eigenvalue weighted by Gasteiger charge is -2.07. The van der Waals surface area contributed by atoms with E-state index in [9.17, 15) is 0 Å². The van der Waals surface area contributed by atoms with Gasteiger partial charge in [0.25, 0.3) is 0 Å². The number of aryl methyl sites for hydroxylation is 2. The van der Waals surface area contributed by atoms with Crippen LogP contribution in [0.25, 0.3) is 10.8 Å². The van der Waals surface area contributed by atoms with Crippen molar-refractivity contribution in [3.63, 3.8) is 0 Å².